The molecule has 0 atom stereocenters. The standard InChI is InChI=1S/C16H14Cl2O2.C16H16O2.C15H11Cl2FO2.C15H12Cl2O2.C14H10Cl2O2/c1-9-3-5-12(16(19)20)11(7-9)8-13-14(17)6-4-10(2)15(13)18;1-11-6-5-7-12(2)15(11)10-13-8-3-4-9-14(13)16(17)18;1-8-2-5-13(16)12(14(8)17)7-9-6-10(18)3-4-11(9)15(19)20;1-9-6-7-13(16)12(14(9)17)8-10-4-2-3-5-11(10)15(18)19;15-12-6-3-7-13(16)11(12)8-9-4-1-2-5-10(9)14(17)18/h3-7H,8H2,1-2H3,(H,19,20);3-9H,10H2,1-2H3,(H,17,18);2-6H,7H2,1H3,(H,19,20);2-7H,8H2,1H3,(H,18,19);1-7H,8H2,(H,17,18)/p-5. The van der Waals surface area contributed by atoms with E-state index < -0.39 is 35.7 Å². The monoisotopic (exact) mass is 1430 g/mol. The lowest BCUT2D eigenvalue weighted by Gasteiger charge is -2.14. The second-order valence-corrected chi connectivity index (χ2v) is 25.0. The number of carboxylic acids is 5. The fourth-order valence-electron chi connectivity index (χ4n) is 10.0. The molecule has 0 saturated heterocycles. The molecule has 0 amide bonds. The highest BCUT2D eigenvalue weighted by molar-refractivity contribution is 6.38. The molecule has 0 aliphatic carbocycles. The van der Waals surface area contributed by atoms with E-state index in [0.717, 1.165) is 56.6 Å². The Hall–Kier alpha value is -8.20. The van der Waals surface area contributed by atoms with Crippen LogP contribution in [0.2, 0.25) is 40.2 Å². The number of carbonyl (C=O) groups is 5. The van der Waals surface area contributed by atoms with E-state index in [2.05, 4.69) is 0 Å². The Morgan fingerprint density at radius 1 is 0.284 bits per heavy atom. The van der Waals surface area contributed by atoms with Gasteiger partial charge < -0.3 is 49.5 Å². The Kier molecular flexibility index (Phi) is 28.3. The van der Waals surface area contributed by atoms with Crippen molar-refractivity contribution < 1.29 is 53.9 Å². The second kappa shape index (κ2) is 35.5. The van der Waals surface area contributed by atoms with E-state index in [4.69, 9.17) is 92.8 Å². The molecule has 19 heteroatoms. The molecule has 10 nitrogen and oxygen atoms in total. The van der Waals surface area contributed by atoms with Gasteiger partial charge in [0.05, 0.1) is 29.8 Å². The molecule has 0 aliphatic heterocycles. The molecule has 0 saturated carbocycles. The number of hydrogen-bond donors (Lipinski definition) is 0. The highest BCUT2D eigenvalue weighted by Gasteiger charge is 2.17. The molecule has 10 aromatic rings. The van der Waals surface area contributed by atoms with Crippen LogP contribution in [0, 0.1) is 47.4 Å². The summed E-state index contributed by atoms with van der Waals surface area (Å²) in [6, 6.07) is 50.8. The molecule has 0 aromatic heterocycles. The molecule has 0 bridgehead atoms. The van der Waals surface area contributed by atoms with Gasteiger partial charge in [-0.05, 0) is 180 Å². The molecule has 0 unspecified atom stereocenters. The Bertz CT molecular complexity index is 4230. The number of aryl methyl sites for hydroxylation is 6. The summed E-state index contributed by atoms with van der Waals surface area (Å²) in [5, 5.41) is 59.5. The van der Waals surface area contributed by atoms with E-state index in [9.17, 15) is 53.9 Å². The number of rotatable bonds is 15. The Morgan fingerprint density at radius 2 is 0.568 bits per heavy atom. The summed E-state index contributed by atoms with van der Waals surface area (Å²) >= 11 is 49.2. The third-order valence-corrected chi connectivity index (χ3v) is 18.5. The molecule has 0 radical (unpaired) electrons. The first-order chi connectivity index (χ1) is 45.0. The van der Waals surface area contributed by atoms with Gasteiger partial charge in [0.2, 0.25) is 0 Å². The number of hydrogen-bond acceptors (Lipinski definition) is 10. The normalized spacial score (nSPS) is 10.5. The predicted octanol–water partition coefficient (Wildman–Crippen LogP) is 15.4. The number of benzene rings is 10. The van der Waals surface area contributed by atoms with Crippen molar-refractivity contribution in [2.75, 3.05) is 0 Å². The first-order valence-corrected chi connectivity index (χ1v) is 32.0. The Labute approximate surface area is 590 Å². The van der Waals surface area contributed by atoms with Gasteiger partial charge >= 0.3 is 0 Å². The first kappa shape index (κ1) is 75.8. The zero-order chi connectivity index (χ0) is 70.0. The Morgan fingerprint density at radius 3 is 0.937 bits per heavy atom. The van der Waals surface area contributed by atoms with E-state index in [0.29, 0.717) is 88.1 Å². The molecule has 95 heavy (non-hydrogen) atoms. The minimum absolute atomic E-state index is 0.0694. The minimum Gasteiger partial charge on any atom is -0.545 e. The number of carboxylic acid groups (broad SMARTS) is 5. The summed E-state index contributed by atoms with van der Waals surface area (Å²) < 4.78 is 13.3. The molecule has 10 rings (SSSR count). The zero-order valence-electron chi connectivity index (χ0n) is 51.8. The quantitative estimate of drug-likeness (QED) is 0.0951. The topological polar surface area (TPSA) is 201 Å². The van der Waals surface area contributed by atoms with Crippen LogP contribution in [0.25, 0.3) is 0 Å². The first-order valence-electron chi connectivity index (χ1n) is 29.0. The summed E-state index contributed by atoms with van der Waals surface area (Å²) in [5.41, 5.74) is 13.6. The van der Waals surface area contributed by atoms with Crippen LogP contribution in [0.1, 0.15) is 141 Å². The van der Waals surface area contributed by atoms with Crippen molar-refractivity contribution in [3.63, 3.8) is 0 Å². The van der Waals surface area contributed by atoms with Crippen molar-refractivity contribution in [3.8, 4) is 0 Å². The van der Waals surface area contributed by atoms with Crippen molar-refractivity contribution in [3.05, 3.63) is 345 Å². The van der Waals surface area contributed by atoms with Gasteiger partial charge in [0.1, 0.15) is 5.82 Å². The summed E-state index contributed by atoms with van der Waals surface area (Å²) in [5.74, 6) is -6.59. The third kappa shape index (κ3) is 20.9. The fraction of sp³-hybridized carbons (Fsp3) is 0.145. The van der Waals surface area contributed by atoms with Crippen LogP contribution in [0.3, 0.4) is 0 Å². The summed E-state index contributed by atoms with van der Waals surface area (Å²) in [6.45, 7) is 11.6. The molecular formula is C76H58Cl8FO10-5. The molecular weight excluding hydrogens is 1380 g/mol. The van der Waals surface area contributed by atoms with Crippen LogP contribution in [0.15, 0.2) is 182 Å². The van der Waals surface area contributed by atoms with Crippen molar-refractivity contribution in [2.45, 2.75) is 73.6 Å². The van der Waals surface area contributed by atoms with Gasteiger partial charge in [0.25, 0.3) is 0 Å². The SMILES string of the molecule is Cc1ccc(C(=O)[O-])c(Cc2c(Cl)ccc(C)c2Cl)c1.Cc1ccc(Cl)c(Cc2cc(F)ccc2C(=O)[O-])c1Cl.Cc1ccc(Cl)c(Cc2ccccc2C(=O)[O-])c1Cl.Cc1cccc(C)c1Cc1ccccc1C(=O)[O-].O=C([O-])c1ccccc1Cc1c(Cl)cccc1Cl. The second-order valence-electron chi connectivity index (χ2n) is 21.8. The van der Waals surface area contributed by atoms with Crippen LogP contribution >= 0.6 is 92.8 Å². The van der Waals surface area contributed by atoms with Crippen LogP contribution in [-0.2, 0) is 32.1 Å². The lowest BCUT2D eigenvalue weighted by atomic mass is 9.94. The smallest absolute Gasteiger partial charge is 0.123 e. The molecule has 490 valence electrons. The van der Waals surface area contributed by atoms with Crippen molar-refractivity contribution in [1.82, 2.24) is 0 Å². The Balaban J connectivity index is 0.000000188. The molecule has 0 aliphatic rings. The molecule has 0 spiro atoms. The van der Waals surface area contributed by atoms with Gasteiger partial charge in [-0.3, -0.25) is 0 Å². The van der Waals surface area contributed by atoms with Gasteiger partial charge in [-0.2, -0.15) is 0 Å². The zero-order valence-corrected chi connectivity index (χ0v) is 57.9. The van der Waals surface area contributed by atoms with E-state index in [1.807, 2.05) is 90.1 Å². The number of halogens is 9. The van der Waals surface area contributed by atoms with E-state index in [1.54, 1.807) is 103 Å². The van der Waals surface area contributed by atoms with Crippen molar-refractivity contribution in [2.24, 2.45) is 0 Å². The largest absolute Gasteiger partial charge is 0.545 e. The highest BCUT2D eigenvalue weighted by atomic mass is 35.5. The van der Waals surface area contributed by atoms with E-state index in [-0.39, 0.29) is 39.8 Å². The maximum absolute atomic E-state index is 13.3. The summed E-state index contributed by atoms with van der Waals surface area (Å²) in [6.07, 6.45) is 1.85. The summed E-state index contributed by atoms with van der Waals surface area (Å²) in [7, 11) is 0. The molecule has 0 fully saturated rings. The van der Waals surface area contributed by atoms with Crippen molar-refractivity contribution in [1.29, 1.82) is 0 Å². The van der Waals surface area contributed by atoms with Crippen LogP contribution in [0.4, 0.5) is 4.39 Å². The average Bonchev–Trinajstić information content (AvgIpc) is 0.879. The van der Waals surface area contributed by atoms with Gasteiger partial charge in [-0.15, -0.1) is 0 Å². The van der Waals surface area contributed by atoms with Crippen LogP contribution in [-0.4, -0.2) is 29.8 Å². The lowest BCUT2D eigenvalue weighted by molar-refractivity contribution is -0.256. The lowest BCUT2D eigenvalue weighted by Crippen LogP contribution is -2.24. The average molecular weight is 1430 g/mol. The minimum atomic E-state index is -1.36. The number of aromatic carboxylic acids is 5. The van der Waals surface area contributed by atoms with E-state index in [1.165, 1.54) is 34.9 Å². The third-order valence-electron chi connectivity index (χ3n) is 15.2. The van der Waals surface area contributed by atoms with Gasteiger partial charge in [-0.1, -0.05) is 232 Å². The maximum atomic E-state index is 13.3. The fourth-order valence-corrected chi connectivity index (χ4v) is 12.1. The van der Waals surface area contributed by atoms with Crippen LogP contribution < -0.4 is 25.5 Å². The van der Waals surface area contributed by atoms with E-state index >= 15 is 0 Å². The molecule has 0 N–H and O–H groups in total. The molecule has 10 aromatic carbocycles. The van der Waals surface area contributed by atoms with Gasteiger partial charge in [-0.25, -0.2) is 4.39 Å². The number of carbonyl (C=O) groups excluding carboxylic acids is 5. The van der Waals surface area contributed by atoms with Crippen LogP contribution in [0.5, 0.6) is 0 Å². The van der Waals surface area contributed by atoms with Crippen molar-refractivity contribution >= 4 is 123 Å². The maximum Gasteiger partial charge on any atom is 0.123 e. The van der Waals surface area contributed by atoms with Gasteiger partial charge in [0.15, 0.2) is 0 Å². The highest BCUT2D eigenvalue weighted by Crippen LogP contribution is 2.35. The summed E-state index contributed by atoms with van der Waals surface area (Å²) in [4.78, 5) is 55.4. The predicted molar refractivity (Wildman–Crippen MR) is 369 cm³/mol. The van der Waals surface area contributed by atoms with Gasteiger partial charge in [0, 0.05) is 93.7 Å². The molecule has 0 heterocycles.